The van der Waals surface area contributed by atoms with Crippen LogP contribution in [0.15, 0.2) is 77.2 Å². The number of benzene rings is 1. The Morgan fingerprint density at radius 1 is 0.957 bits per heavy atom. The highest BCUT2D eigenvalue weighted by molar-refractivity contribution is 7.99. The quantitative estimate of drug-likeness (QED) is 0.546. The smallest absolute Gasteiger partial charge is 0.179 e. The zero-order valence-electron chi connectivity index (χ0n) is 11.9. The minimum atomic E-state index is 0.681. The van der Waals surface area contributed by atoms with Crippen LogP contribution in [0, 0.1) is 0 Å². The first kappa shape index (κ1) is 14.2. The third kappa shape index (κ3) is 2.81. The second kappa shape index (κ2) is 6.02. The second-order valence-corrected chi connectivity index (χ2v) is 6.32. The maximum absolute atomic E-state index is 6.16. The molecule has 0 N–H and O–H groups in total. The molecule has 4 rings (SSSR count). The van der Waals surface area contributed by atoms with Gasteiger partial charge in [0.15, 0.2) is 10.8 Å². The fourth-order valence-electron chi connectivity index (χ4n) is 2.32. The Hall–Kier alpha value is -2.37. The van der Waals surface area contributed by atoms with Gasteiger partial charge < -0.3 is 0 Å². The fourth-order valence-corrected chi connectivity index (χ4v) is 3.40. The third-order valence-corrected chi connectivity index (χ3v) is 4.51. The van der Waals surface area contributed by atoms with Crippen molar-refractivity contribution in [2.75, 3.05) is 0 Å². The van der Waals surface area contributed by atoms with Gasteiger partial charge in [0.05, 0.1) is 5.69 Å². The number of nitrogens with zero attached hydrogens (tertiary/aromatic N) is 4. The van der Waals surface area contributed by atoms with Crippen LogP contribution in [0.3, 0.4) is 0 Å². The molecule has 0 unspecified atom stereocenters. The first-order valence-electron chi connectivity index (χ1n) is 6.98. The average Bonchev–Trinajstić information content (AvgIpc) is 2.93. The van der Waals surface area contributed by atoms with Gasteiger partial charge in [-0.15, -0.1) is 0 Å². The van der Waals surface area contributed by atoms with Crippen LogP contribution in [0.5, 0.6) is 0 Å². The summed E-state index contributed by atoms with van der Waals surface area (Å²) in [4.78, 5) is 14.3. The summed E-state index contributed by atoms with van der Waals surface area (Å²) in [5.41, 5.74) is 2.60. The largest absolute Gasteiger partial charge is 0.271 e. The van der Waals surface area contributed by atoms with Crippen LogP contribution in [0.25, 0.3) is 16.9 Å². The van der Waals surface area contributed by atoms with E-state index in [0.717, 1.165) is 26.9 Å². The lowest BCUT2D eigenvalue weighted by Gasteiger charge is -2.08. The van der Waals surface area contributed by atoms with Crippen molar-refractivity contribution in [2.45, 2.75) is 10.1 Å². The van der Waals surface area contributed by atoms with Gasteiger partial charge in [-0.2, -0.15) is 0 Å². The number of rotatable bonds is 3. The molecule has 0 radical (unpaired) electrons. The molecule has 0 amide bonds. The van der Waals surface area contributed by atoms with Crippen molar-refractivity contribution in [1.29, 1.82) is 0 Å². The van der Waals surface area contributed by atoms with Crippen LogP contribution in [0.2, 0.25) is 5.02 Å². The van der Waals surface area contributed by atoms with Crippen molar-refractivity contribution < 1.29 is 0 Å². The first-order valence-corrected chi connectivity index (χ1v) is 8.18. The van der Waals surface area contributed by atoms with Crippen molar-refractivity contribution >= 4 is 34.5 Å². The summed E-state index contributed by atoms with van der Waals surface area (Å²) in [6, 6.07) is 15.4. The summed E-state index contributed by atoms with van der Waals surface area (Å²) in [6.07, 6.45) is 5.31. The summed E-state index contributed by atoms with van der Waals surface area (Å²) in [5, 5.41) is 1.52. The molecule has 0 aliphatic rings. The summed E-state index contributed by atoms with van der Waals surface area (Å²) < 4.78 is 2.02. The number of hydrogen-bond donors (Lipinski definition) is 0. The van der Waals surface area contributed by atoms with Gasteiger partial charge in [0.1, 0.15) is 5.52 Å². The first-order chi connectivity index (χ1) is 11.3. The topological polar surface area (TPSA) is 43.6 Å². The maximum atomic E-state index is 6.16. The summed E-state index contributed by atoms with van der Waals surface area (Å²) in [6.45, 7) is 0. The number of hydrogen-bond acceptors (Lipinski definition) is 4. The SMILES string of the molecule is Clc1cccc(-n2c(Sc3ccncc3)nc3cccnc32)c1. The summed E-state index contributed by atoms with van der Waals surface area (Å²) >= 11 is 7.73. The van der Waals surface area contributed by atoms with Gasteiger partial charge >= 0.3 is 0 Å². The molecule has 1 aromatic carbocycles. The van der Waals surface area contributed by atoms with Gasteiger partial charge in [0.2, 0.25) is 0 Å². The Bertz CT molecular complexity index is 969. The van der Waals surface area contributed by atoms with Crippen molar-refractivity contribution in [3.05, 3.63) is 72.1 Å². The van der Waals surface area contributed by atoms with Crippen molar-refractivity contribution in [2.24, 2.45) is 0 Å². The summed E-state index contributed by atoms with van der Waals surface area (Å²) in [5.74, 6) is 0. The Kier molecular flexibility index (Phi) is 3.73. The van der Waals surface area contributed by atoms with E-state index in [-0.39, 0.29) is 0 Å². The summed E-state index contributed by atoms with van der Waals surface area (Å²) in [7, 11) is 0. The molecule has 0 fully saturated rings. The van der Waals surface area contributed by atoms with E-state index in [1.807, 2.05) is 53.1 Å². The minimum Gasteiger partial charge on any atom is -0.271 e. The molecule has 0 bridgehead atoms. The zero-order valence-corrected chi connectivity index (χ0v) is 13.5. The molecule has 0 spiro atoms. The number of pyridine rings is 2. The molecule has 0 aliphatic carbocycles. The Morgan fingerprint density at radius 2 is 1.83 bits per heavy atom. The molecule has 4 nitrogen and oxygen atoms in total. The molecule has 0 atom stereocenters. The Labute approximate surface area is 142 Å². The zero-order chi connectivity index (χ0) is 15.6. The molecule has 0 saturated heterocycles. The predicted octanol–water partition coefficient (Wildman–Crippen LogP) is 4.62. The third-order valence-electron chi connectivity index (χ3n) is 3.31. The van der Waals surface area contributed by atoms with Gasteiger partial charge in [-0.3, -0.25) is 9.55 Å². The van der Waals surface area contributed by atoms with Gasteiger partial charge in [0, 0.05) is 28.5 Å². The molecule has 6 heteroatoms. The van der Waals surface area contributed by atoms with Crippen LogP contribution >= 0.6 is 23.4 Å². The van der Waals surface area contributed by atoms with Crippen molar-refractivity contribution in [3.63, 3.8) is 0 Å². The molecule has 0 saturated carbocycles. The number of aromatic nitrogens is 4. The minimum absolute atomic E-state index is 0.681. The lowest BCUT2D eigenvalue weighted by molar-refractivity contribution is 0.909. The van der Waals surface area contributed by atoms with E-state index in [2.05, 4.69) is 9.97 Å². The van der Waals surface area contributed by atoms with Gasteiger partial charge in [-0.05, 0) is 42.5 Å². The van der Waals surface area contributed by atoms with Crippen LogP contribution < -0.4 is 0 Å². The van der Waals surface area contributed by atoms with E-state index in [0.29, 0.717) is 5.02 Å². The fraction of sp³-hybridized carbons (Fsp3) is 0. The van der Waals surface area contributed by atoms with Crippen LogP contribution in [0.1, 0.15) is 0 Å². The molecular weight excluding hydrogens is 328 g/mol. The highest BCUT2D eigenvalue weighted by Crippen LogP contribution is 2.32. The molecule has 4 aromatic rings. The van der Waals surface area contributed by atoms with Crippen molar-refractivity contribution in [3.8, 4) is 5.69 Å². The number of halogens is 1. The Morgan fingerprint density at radius 3 is 2.65 bits per heavy atom. The Balaban J connectivity index is 1.91. The van der Waals surface area contributed by atoms with Crippen LogP contribution in [0.4, 0.5) is 0 Å². The lowest BCUT2D eigenvalue weighted by atomic mass is 10.3. The lowest BCUT2D eigenvalue weighted by Crippen LogP contribution is -1.97. The van der Waals surface area contributed by atoms with E-state index < -0.39 is 0 Å². The van der Waals surface area contributed by atoms with E-state index in [4.69, 9.17) is 16.6 Å². The van der Waals surface area contributed by atoms with E-state index in [9.17, 15) is 0 Å². The monoisotopic (exact) mass is 338 g/mol. The van der Waals surface area contributed by atoms with Gasteiger partial charge in [0.25, 0.3) is 0 Å². The highest BCUT2D eigenvalue weighted by atomic mass is 35.5. The maximum Gasteiger partial charge on any atom is 0.179 e. The highest BCUT2D eigenvalue weighted by Gasteiger charge is 2.14. The molecular formula is C17H11ClN4S. The van der Waals surface area contributed by atoms with Crippen molar-refractivity contribution in [1.82, 2.24) is 19.5 Å². The molecule has 3 aromatic heterocycles. The van der Waals surface area contributed by atoms with Gasteiger partial charge in [-0.25, -0.2) is 9.97 Å². The van der Waals surface area contributed by atoms with E-state index in [1.54, 1.807) is 30.4 Å². The molecule has 3 heterocycles. The van der Waals surface area contributed by atoms with E-state index >= 15 is 0 Å². The van der Waals surface area contributed by atoms with Gasteiger partial charge in [-0.1, -0.05) is 29.4 Å². The molecule has 112 valence electrons. The number of imidazole rings is 1. The standard InChI is InChI=1S/C17H11ClN4S/c18-12-3-1-4-13(11-12)22-16-15(5-2-8-20-16)21-17(22)23-14-6-9-19-10-7-14/h1-11H. The van der Waals surface area contributed by atoms with E-state index in [1.165, 1.54) is 0 Å². The average molecular weight is 339 g/mol. The molecule has 23 heavy (non-hydrogen) atoms. The normalized spacial score (nSPS) is 11.0. The van der Waals surface area contributed by atoms with Crippen LogP contribution in [-0.2, 0) is 0 Å². The number of fused-ring (bicyclic) bond motifs is 1. The molecule has 0 aliphatic heterocycles. The van der Waals surface area contributed by atoms with Crippen LogP contribution in [-0.4, -0.2) is 19.5 Å². The second-order valence-electron chi connectivity index (χ2n) is 4.84. The predicted molar refractivity (Wildman–Crippen MR) is 92.2 cm³/mol.